The van der Waals surface area contributed by atoms with Gasteiger partial charge in [-0.05, 0) is 77.4 Å². The molecule has 0 aromatic heterocycles. The van der Waals surface area contributed by atoms with Crippen LogP contribution in [0.4, 0.5) is 22.7 Å². The number of anilines is 4. The van der Waals surface area contributed by atoms with Crippen molar-refractivity contribution < 1.29 is 0 Å². The quantitative estimate of drug-likeness (QED) is 0.280. The predicted molar refractivity (Wildman–Crippen MR) is 150 cm³/mol. The van der Waals surface area contributed by atoms with E-state index in [1.165, 1.54) is 32.6 Å². The molecule has 0 spiro atoms. The minimum Gasteiger partial charge on any atom is -0.348 e. The third-order valence-electron chi connectivity index (χ3n) is 6.92. The molecular formula is C33H28N2. The molecule has 35 heavy (non-hydrogen) atoms. The van der Waals surface area contributed by atoms with E-state index in [4.69, 9.17) is 0 Å². The number of hydrogen-bond acceptors (Lipinski definition) is 2. The highest BCUT2D eigenvalue weighted by Gasteiger charge is 2.15. The van der Waals surface area contributed by atoms with Crippen LogP contribution in [0, 0.1) is 0 Å². The molecule has 5 aromatic rings. The van der Waals surface area contributed by atoms with Gasteiger partial charge in [-0.3, -0.25) is 0 Å². The van der Waals surface area contributed by atoms with Gasteiger partial charge in [-0.1, -0.05) is 78.9 Å². The number of fused-ring (bicyclic) bond motifs is 2. The standard InChI is InChI=1S/C33H28N2/c1-34(33-17-9-13-26-11-7-8-16-32(26)33)28-20-22-30(23-21-28)35(29-14-3-2-4-15-29)31-19-18-25-10-5-6-12-27(25)24-31/h2-8,10-16,18-24H,9,17H2,1H3. The summed E-state index contributed by atoms with van der Waals surface area (Å²) in [6, 6.07) is 43.5. The first kappa shape index (κ1) is 21.2. The molecule has 0 unspecified atom stereocenters. The van der Waals surface area contributed by atoms with E-state index in [-0.39, 0.29) is 0 Å². The molecule has 0 amide bonds. The Balaban J connectivity index is 1.41. The number of nitrogens with zero attached hydrogens (tertiary/aromatic N) is 2. The van der Waals surface area contributed by atoms with Gasteiger partial charge in [0.1, 0.15) is 0 Å². The van der Waals surface area contributed by atoms with Gasteiger partial charge < -0.3 is 9.80 Å². The Labute approximate surface area is 206 Å². The molecule has 0 saturated carbocycles. The monoisotopic (exact) mass is 452 g/mol. The number of rotatable bonds is 5. The molecule has 0 bridgehead atoms. The fourth-order valence-electron chi connectivity index (χ4n) is 5.11. The first-order chi connectivity index (χ1) is 17.3. The van der Waals surface area contributed by atoms with Gasteiger partial charge in [0.15, 0.2) is 0 Å². The van der Waals surface area contributed by atoms with Gasteiger partial charge in [-0.25, -0.2) is 0 Å². The second-order valence-electron chi connectivity index (χ2n) is 9.05. The Morgan fingerprint density at radius 2 is 1.17 bits per heavy atom. The van der Waals surface area contributed by atoms with Crippen molar-refractivity contribution in [3.8, 4) is 0 Å². The summed E-state index contributed by atoms with van der Waals surface area (Å²) in [5.74, 6) is 0. The highest BCUT2D eigenvalue weighted by molar-refractivity contribution is 5.89. The third kappa shape index (κ3) is 4.08. The summed E-state index contributed by atoms with van der Waals surface area (Å²) in [5.41, 5.74) is 6.03. The zero-order valence-corrected chi connectivity index (χ0v) is 19.9. The minimum atomic E-state index is 1.06. The molecule has 2 nitrogen and oxygen atoms in total. The van der Waals surface area contributed by atoms with Gasteiger partial charge >= 0.3 is 0 Å². The van der Waals surface area contributed by atoms with Crippen LogP contribution in [0.15, 0.2) is 121 Å². The van der Waals surface area contributed by atoms with Crippen LogP contribution in [0.25, 0.3) is 22.5 Å². The second-order valence-corrected chi connectivity index (χ2v) is 9.05. The van der Waals surface area contributed by atoms with Crippen LogP contribution < -0.4 is 20.2 Å². The fraction of sp³-hybridized carbons (Fsp3) is 0.0909. The third-order valence-corrected chi connectivity index (χ3v) is 6.92. The summed E-state index contributed by atoms with van der Waals surface area (Å²) in [5, 5.41) is 5.17. The first-order valence-electron chi connectivity index (χ1n) is 12.2. The van der Waals surface area contributed by atoms with E-state index in [1.807, 2.05) is 0 Å². The van der Waals surface area contributed by atoms with E-state index >= 15 is 0 Å². The average Bonchev–Trinajstić information content (AvgIpc) is 2.93. The van der Waals surface area contributed by atoms with E-state index in [0.717, 1.165) is 29.9 Å². The van der Waals surface area contributed by atoms with Crippen molar-refractivity contribution in [3.63, 3.8) is 0 Å². The minimum absolute atomic E-state index is 1.06. The highest BCUT2D eigenvalue weighted by Crippen LogP contribution is 2.37. The van der Waals surface area contributed by atoms with Crippen molar-refractivity contribution in [2.24, 2.45) is 0 Å². The molecule has 5 aromatic carbocycles. The van der Waals surface area contributed by atoms with Crippen molar-refractivity contribution in [2.45, 2.75) is 12.8 Å². The molecule has 1 aliphatic carbocycles. The predicted octanol–water partition coefficient (Wildman–Crippen LogP) is 7.13. The Morgan fingerprint density at radius 1 is 0.543 bits per heavy atom. The lowest BCUT2D eigenvalue weighted by molar-refractivity contribution is 1.00. The van der Waals surface area contributed by atoms with Crippen molar-refractivity contribution in [1.82, 2.24) is 0 Å². The van der Waals surface area contributed by atoms with E-state index in [1.54, 1.807) is 0 Å². The molecule has 0 radical (unpaired) electrons. The lowest BCUT2D eigenvalue weighted by Gasteiger charge is -2.28. The molecule has 170 valence electrons. The van der Waals surface area contributed by atoms with E-state index in [2.05, 4.69) is 144 Å². The summed E-state index contributed by atoms with van der Waals surface area (Å²) in [6.07, 6.45) is 4.48. The van der Waals surface area contributed by atoms with E-state index in [9.17, 15) is 0 Å². The summed E-state index contributed by atoms with van der Waals surface area (Å²) >= 11 is 0. The molecule has 0 atom stereocenters. The summed E-state index contributed by atoms with van der Waals surface area (Å²) in [4.78, 5) is 4.67. The van der Waals surface area contributed by atoms with Crippen molar-refractivity contribution in [2.75, 3.05) is 16.8 Å². The van der Waals surface area contributed by atoms with Gasteiger partial charge in [0.05, 0.1) is 0 Å². The molecule has 0 heterocycles. The maximum atomic E-state index is 2.35. The smallest absolute Gasteiger partial charge is 0.0468 e. The zero-order valence-electron chi connectivity index (χ0n) is 19.9. The van der Waals surface area contributed by atoms with Gasteiger partial charge in [0.25, 0.3) is 0 Å². The van der Waals surface area contributed by atoms with Crippen molar-refractivity contribution in [3.05, 3.63) is 132 Å². The SMILES string of the molecule is CN(C1=c2ccccc2=CCC1)c1ccc(N(c2ccccc2)c2ccc3ccccc3c2)cc1. The fourth-order valence-corrected chi connectivity index (χ4v) is 5.11. The zero-order chi connectivity index (χ0) is 23.6. The Kier molecular flexibility index (Phi) is 5.56. The molecule has 6 rings (SSSR count). The Bertz CT molecular complexity index is 1600. The Morgan fingerprint density at radius 3 is 2.00 bits per heavy atom. The van der Waals surface area contributed by atoms with Crippen molar-refractivity contribution in [1.29, 1.82) is 0 Å². The van der Waals surface area contributed by atoms with Crippen LogP contribution in [0.2, 0.25) is 0 Å². The average molecular weight is 453 g/mol. The molecule has 0 saturated heterocycles. The maximum Gasteiger partial charge on any atom is 0.0468 e. The van der Waals surface area contributed by atoms with Crippen LogP contribution in [0.3, 0.4) is 0 Å². The Hall–Kier alpha value is -4.30. The molecule has 0 aliphatic heterocycles. The van der Waals surface area contributed by atoms with E-state index in [0.29, 0.717) is 0 Å². The highest BCUT2D eigenvalue weighted by atomic mass is 15.1. The van der Waals surface area contributed by atoms with Crippen molar-refractivity contribution >= 4 is 45.3 Å². The normalized spacial score (nSPS) is 12.7. The topological polar surface area (TPSA) is 6.48 Å². The van der Waals surface area contributed by atoms with Crippen LogP contribution in [-0.4, -0.2) is 7.05 Å². The van der Waals surface area contributed by atoms with Gasteiger partial charge in [0, 0.05) is 40.7 Å². The van der Waals surface area contributed by atoms with Gasteiger partial charge in [-0.15, -0.1) is 0 Å². The number of benzene rings is 5. The van der Waals surface area contributed by atoms with Crippen LogP contribution in [0.1, 0.15) is 12.8 Å². The van der Waals surface area contributed by atoms with Gasteiger partial charge in [0.2, 0.25) is 0 Å². The molecule has 2 heteroatoms. The van der Waals surface area contributed by atoms with Crippen LogP contribution >= 0.6 is 0 Å². The summed E-state index contributed by atoms with van der Waals surface area (Å²) in [6.45, 7) is 0. The number of hydrogen-bond donors (Lipinski definition) is 0. The maximum absolute atomic E-state index is 2.35. The lowest BCUT2D eigenvalue weighted by atomic mass is 10.0. The largest absolute Gasteiger partial charge is 0.348 e. The summed E-state index contributed by atoms with van der Waals surface area (Å²) < 4.78 is 0. The van der Waals surface area contributed by atoms with Crippen LogP contribution in [0.5, 0.6) is 0 Å². The van der Waals surface area contributed by atoms with Gasteiger partial charge in [-0.2, -0.15) is 0 Å². The second kappa shape index (κ2) is 9.15. The summed E-state index contributed by atoms with van der Waals surface area (Å²) in [7, 11) is 2.19. The molecule has 0 N–H and O–H groups in total. The molecule has 1 aliphatic rings. The van der Waals surface area contributed by atoms with Crippen LogP contribution in [-0.2, 0) is 0 Å². The first-order valence-corrected chi connectivity index (χ1v) is 12.2. The lowest BCUT2D eigenvalue weighted by Crippen LogP contribution is -2.35. The van der Waals surface area contributed by atoms with E-state index < -0.39 is 0 Å². The molecule has 0 fully saturated rings. The molecular weight excluding hydrogens is 424 g/mol. The number of para-hydroxylation sites is 1.